The fourth-order valence-corrected chi connectivity index (χ4v) is 1.46. The van der Waals surface area contributed by atoms with Crippen LogP contribution < -0.4 is 10.5 Å². The van der Waals surface area contributed by atoms with Gasteiger partial charge in [-0.2, -0.15) is 0 Å². The maximum absolute atomic E-state index is 5.92. The van der Waals surface area contributed by atoms with Crippen molar-refractivity contribution in [2.45, 2.75) is 39.3 Å². The monoisotopic (exact) mass is 227 g/mol. The molecule has 15 heavy (non-hydrogen) atoms. The van der Waals surface area contributed by atoms with Crippen LogP contribution in [0.3, 0.4) is 0 Å². The van der Waals surface area contributed by atoms with Gasteiger partial charge in [0, 0.05) is 16.6 Å². The van der Waals surface area contributed by atoms with Gasteiger partial charge in [0.15, 0.2) is 0 Å². The highest BCUT2D eigenvalue weighted by Gasteiger charge is 2.10. The number of hydrogen-bond acceptors (Lipinski definition) is 2. The molecule has 0 aliphatic heterocycles. The zero-order valence-electron chi connectivity index (χ0n) is 9.46. The van der Waals surface area contributed by atoms with Gasteiger partial charge in [-0.3, -0.25) is 0 Å². The molecule has 0 aromatic heterocycles. The molecule has 2 N–H and O–H groups in total. The Kier molecular flexibility index (Phi) is 4.43. The Hall–Kier alpha value is -0.730. The Morgan fingerprint density at radius 3 is 2.60 bits per heavy atom. The summed E-state index contributed by atoms with van der Waals surface area (Å²) in [5.74, 6) is 0.837. The molecule has 1 aromatic carbocycles. The van der Waals surface area contributed by atoms with E-state index in [-0.39, 0.29) is 12.1 Å². The van der Waals surface area contributed by atoms with Gasteiger partial charge in [-0.05, 0) is 38.5 Å². The number of nitrogens with two attached hydrogens (primary N) is 1. The first-order valence-electron chi connectivity index (χ1n) is 5.26. The molecule has 2 nitrogen and oxygen atoms in total. The normalized spacial score (nSPS) is 14.7. The van der Waals surface area contributed by atoms with Crippen LogP contribution in [0.4, 0.5) is 0 Å². The van der Waals surface area contributed by atoms with E-state index in [1.54, 1.807) is 0 Å². The van der Waals surface area contributed by atoms with Crippen molar-refractivity contribution in [2.24, 2.45) is 5.73 Å². The van der Waals surface area contributed by atoms with Crippen LogP contribution >= 0.6 is 11.6 Å². The third-order valence-corrected chi connectivity index (χ3v) is 2.60. The van der Waals surface area contributed by atoms with Crippen molar-refractivity contribution in [3.63, 3.8) is 0 Å². The predicted octanol–water partition coefficient (Wildman–Crippen LogP) is 3.54. The standard InChI is InChI=1S/C12H18ClNO/c1-4-8(2)15-12-6-5-10(13)7-11(12)9(3)14/h5-9H,4,14H2,1-3H3/t8?,9-/m0/s1. The van der Waals surface area contributed by atoms with Crippen molar-refractivity contribution >= 4 is 11.6 Å². The first-order valence-corrected chi connectivity index (χ1v) is 5.64. The lowest BCUT2D eigenvalue weighted by atomic mass is 10.1. The van der Waals surface area contributed by atoms with Crippen LogP contribution in [0.25, 0.3) is 0 Å². The second-order valence-corrected chi connectivity index (χ2v) is 4.24. The Balaban J connectivity index is 2.95. The van der Waals surface area contributed by atoms with E-state index in [9.17, 15) is 0 Å². The van der Waals surface area contributed by atoms with Crippen molar-refractivity contribution in [2.75, 3.05) is 0 Å². The molecule has 0 radical (unpaired) electrons. The minimum absolute atomic E-state index is 0.0669. The largest absolute Gasteiger partial charge is 0.490 e. The lowest BCUT2D eigenvalue weighted by Crippen LogP contribution is -2.14. The van der Waals surface area contributed by atoms with E-state index in [0.717, 1.165) is 17.7 Å². The molecule has 3 heteroatoms. The second-order valence-electron chi connectivity index (χ2n) is 3.81. The van der Waals surface area contributed by atoms with E-state index in [1.165, 1.54) is 0 Å². The molecule has 84 valence electrons. The molecule has 0 heterocycles. The zero-order chi connectivity index (χ0) is 11.4. The molecular weight excluding hydrogens is 210 g/mol. The predicted molar refractivity (Wildman–Crippen MR) is 64.4 cm³/mol. The summed E-state index contributed by atoms with van der Waals surface area (Å²) >= 11 is 5.92. The van der Waals surface area contributed by atoms with E-state index in [4.69, 9.17) is 22.1 Å². The van der Waals surface area contributed by atoms with Crippen LogP contribution in [0.1, 0.15) is 38.8 Å². The average Bonchev–Trinajstić information content (AvgIpc) is 2.20. The van der Waals surface area contributed by atoms with Gasteiger partial charge in [-0.25, -0.2) is 0 Å². The molecule has 1 unspecified atom stereocenters. The molecule has 0 saturated carbocycles. The summed E-state index contributed by atoms with van der Waals surface area (Å²) in [5, 5.41) is 0.693. The van der Waals surface area contributed by atoms with Crippen molar-refractivity contribution < 1.29 is 4.74 Å². The summed E-state index contributed by atoms with van der Waals surface area (Å²) in [4.78, 5) is 0. The van der Waals surface area contributed by atoms with Gasteiger partial charge < -0.3 is 10.5 Å². The van der Waals surface area contributed by atoms with Gasteiger partial charge >= 0.3 is 0 Å². The van der Waals surface area contributed by atoms with Gasteiger partial charge in [0.1, 0.15) is 5.75 Å². The minimum atomic E-state index is -0.0669. The van der Waals surface area contributed by atoms with Crippen molar-refractivity contribution in [3.05, 3.63) is 28.8 Å². The van der Waals surface area contributed by atoms with E-state index in [1.807, 2.05) is 32.0 Å². The smallest absolute Gasteiger partial charge is 0.124 e. The first kappa shape index (κ1) is 12.3. The molecule has 2 atom stereocenters. The Morgan fingerprint density at radius 1 is 1.40 bits per heavy atom. The van der Waals surface area contributed by atoms with Gasteiger partial charge in [-0.1, -0.05) is 18.5 Å². The Morgan fingerprint density at radius 2 is 2.07 bits per heavy atom. The summed E-state index contributed by atoms with van der Waals surface area (Å²) in [6, 6.07) is 5.50. The minimum Gasteiger partial charge on any atom is -0.490 e. The van der Waals surface area contributed by atoms with Crippen molar-refractivity contribution in [3.8, 4) is 5.75 Å². The lowest BCUT2D eigenvalue weighted by Gasteiger charge is -2.18. The third-order valence-electron chi connectivity index (χ3n) is 2.37. The van der Waals surface area contributed by atoms with E-state index in [2.05, 4.69) is 6.92 Å². The third kappa shape index (κ3) is 3.40. The molecule has 0 spiro atoms. The van der Waals surface area contributed by atoms with Gasteiger partial charge in [0.05, 0.1) is 6.10 Å². The summed E-state index contributed by atoms with van der Waals surface area (Å²) in [5.41, 5.74) is 6.82. The number of rotatable bonds is 4. The van der Waals surface area contributed by atoms with Crippen LogP contribution in [0.2, 0.25) is 5.02 Å². The quantitative estimate of drug-likeness (QED) is 0.854. The van der Waals surface area contributed by atoms with E-state index < -0.39 is 0 Å². The molecule has 0 bridgehead atoms. The van der Waals surface area contributed by atoms with Crippen molar-refractivity contribution in [1.82, 2.24) is 0 Å². The van der Waals surface area contributed by atoms with Gasteiger partial charge in [0.25, 0.3) is 0 Å². The summed E-state index contributed by atoms with van der Waals surface area (Å²) in [6.07, 6.45) is 1.17. The SMILES string of the molecule is CCC(C)Oc1ccc(Cl)cc1[C@H](C)N. The van der Waals surface area contributed by atoms with Crippen LogP contribution in [-0.4, -0.2) is 6.10 Å². The molecule has 0 amide bonds. The highest BCUT2D eigenvalue weighted by atomic mass is 35.5. The maximum atomic E-state index is 5.92. The molecule has 0 aliphatic rings. The Bertz CT molecular complexity index is 325. The summed E-state index contributed by atoms with van der Waals surface area (Å²) < 4.78 is 5.77. The summed E-state index contributed by atoms with van der Waals surface area (Å²) in [7, 11) is 0. The van der Waals surface area contributed by atoms with Crippen molar-refractivity contribution in [1.29, 1.82) is 0 Å². The van der Waals surface area contributed by atoms with Crippen LogP contribution in [0.15, 0.2) is 18.2 Å². The molecule has 0 fully saturated rings. The number of benzene rings is 1. The fraction of sp³-hybridized carbons (Fsp3) is 0.500. The maximum Gasteiger partial charge on any atom is 0.124 e. The van der Waals surface area contributed by atoms with Gasteiger partial charge in [0.2, 0.25) is 0 Å². The Labute approximate surface area is 96.4 Å². The highest BCUT2D eigenvalue weighted by Crippen LogP contribution is 2.28. The van der Waals surface area contributed by atoms with E-state index in [0.29, 0.717) is 5.02 Å². The van der Waals surface area contributed by atoms with Crippen LogP contribution in [0.5, 0.6) is 5.75 Å². The number of ether oxygens (including phenoxy) is 1. The molecular formula is C12H18ClNO. The van der Waals surface area contributed by atoms with Crippen LogP contribution in [0, 0.1) is 0 Å². The van der Waals surface area contributed by atoms with Crippen LogP contribution in [-0.2, 0) is 0 Å². The summed E-state index contributed by atoms with van der Waals surface area (Å²) in [6.45, 7) is 6.06. The zero-order valence-corrected chi connectivity index (χ0v) is 10.2. The highest BCUT2D eigenvalue weighted by molar-refractivity contribution is 6.30. The molecule has 0 saturated heterocycles. The molecule has 1 aromatic rings. The molecule has 0 aliphatic carbocycles. The second kappa shape index (κ2) is 5.38. The topological polar surface area (TPSA) is 35.2 Å². The first-order chi connectivity index (χ1) is 7.04. The molecule has 1 rings (SSSR count). The number of hydrogen-bond donors (Lipinski definition) is 1. The fourth-order valence-electron chi connectivity index (χ4n) is 1.28. The average molecular weight is 228 g/mol. The van der Waals surface area contributed by atoms with E-state index >= 15 is 0 Å². The lowest BCUT2D eigenvalue weighted by molar-refractivity contribution is 0.214. The van der Waals surface area contributed by atoms with Gasteiger partial charge in [-0.15, -0.1) is 0 Å². The number of halogens is 1.